The molecular weight excluding hydrogens is 545 g/mol. The third kappa shape index (κ3) is 4.15. The van der Waals surface area contributed by atoms with Crippen molar-refractivity contribution in [1.29, 1.82) is 0 Å². The van der Waals surface area contributed by atoms with Gasteiger partial charge in [-0.25, -0.2) is 0 Å². The van der Waals surface area contributed by atoms with Gasteiger partial charge in [0.15, 0.2) is 0 Å². The topological polar surface area (TPSA) is 0 Å². The lowest BCUT2D eigenvalue weighted by atomic mass is 9.76. The molecule has 8 rings (SSSR count). The van der Waals surface area contributed by atoms with Gasteiger partial charge in [0.25, 0.3) is 0 Å². The average Bonchev–Trinajstić information content (AvgIpc) is 3.55. The van der Waals surface area contributed by atoms with E-state index in [2.05, 4.69) is 173 Å². The maximum absolute atomic E-state index is 2.77. The highest BCUT2D eigenvalue weighted by atomic mass is 28.3. The van der Waals surface area contributed by atoms with Crippen LogP contribution in [0.2, 0.25) is 11.1 Å². The number of rotatable bonds is 4. The van der Waals surface area contributed by atoms with Gasteiger partial charge in [-0.1, -0.05) is 182 Å². The number of fused-ring (bicyclic) bond motifs is 6. The fraction of sp³-hybridized carbons (Fsp3) is 0.349. The molecule has 9 unspecified atom stereocenters. The number of allylic oxidation sites excluding steroid dienone is 16. The summed E-state index contributed by atoms with van der Waals surface area (Å²) in [4.78, 5) is 0. The summed E-state index contributed by atoms with van der Waals surface area (Å²) in [5, 5.41) is 3.26. The van der Waals surface area contributed by atoms with Crippen molar-refractivity contribution in [3.8, 4) is 0 Å². The van der Waals surface area contributed by atoms with E-state index in [4.69, 9.17) is 0 Å². The van der Waals surface area contributed by atoms with Gasteiger partial charge in [-0.15, -0.1) is 0 Å². The van der Waals surface area contributed by atoms with Crippen molar-refractivity contribution in [1.82, 2.24) is 0 Å². The van der Waals surface area contributed by atoms with Gasteiger partial charge in [-0.2, -0.15) is 0 Å². The molecule has 2 aromatic carbocycles. The monoisotopic (exact) mass is 590 g/mol. The molecule has 0 aromatic heterocycles. The zero-order chi connectivity index (χ0) is 30.1. The molecule has 0 bridgehead atoms. The normalized spacial score (nSPS) is 36.4. The van der Waals surface area contributed by atoms with E-state index in [0.717, 1.165) is 0 Å². The molecule has 2 fully saturated rings. The highest BCUT2D eigenvalue weighted by molar-refractivity contribution is 7.04. The summed E-state index contributed by atoms with van der Waals surface area (Å²) < 4.78 is 0. The molecule has 9 atom stereocenters. The fourth-order valence-electron chi connectivity index (χ4n) is 10.6. The zero-order valence-electron chi connectivity index (χ0n) is 26.6. The van der Waals surface area contributed by atoms with E-state index in [-0.39, 0.29) is 5.41 Å². The van der Waals surface area contributed by atoms with Crippen molar-refractivity contribution in [2.24, 2.45) is 52.8 Å². The first-order valence-electron chi connectivity index (χ1n) is 17.0. The molecule has 1 heteroatoms. The predicted octanol–water partition coefficient (Wildman–Crippen LogP) is 9.26. The molecule has 0 nitrogen and oxygen atoms in total. The summed E-state index contributed by atoms with van der Waals surface area (Å²) >= 11 is 0. The Labute approximate surface area is 266 Å². The van der Waals surface area contributed by atoms with Crippen LogP contribution < -0.4 is 10.4 Å². The molecule has 44 heavy (non-hydrogen) atoms. The summed E-state index contributed by atoms with van der Waals surface area (Å²) in [6, 6.07) is 24.0. The fourth-order valence-corrected chi connectivity index (χ4v) is 18.2. The lowest BCUT2D eigenvalue weighted by molar-refractivity contribution is 0.441. The summed E-state index contributed by atoms with van der Waals surface area (Å²) in [5.74, 6) is 4.27. The Balaban J connectivity index is 1.46. The highest BCUT2D eigenvalue weighted by Crippen LogP contribution is 2.66. The van der Waals surface area contributed by atoms with Crippen molar-refractivity contribution in [3.05, 3.63) is 157 Å². The van der Waals surface area contributed by atoms with Crippen LogP contribution in [-0.2, 0) is 0 Å². The Hall–Kier alpha value is -3.42. The van der Waals surface area contributed by atoms with Crippen LogP contribution in [0.1, 0.15) is 27.7 Å². The maximum Gasteiger partial charge on any atom is 0.126 e. The first-order valence-corrected chi connectivity index (χ1v) is 19.1. The first-order chi connectivity index (χ1) is 21.4. The molecule has 6 aliphatic rings. The quantitative estimate of drug-likeness (QED) is 0.311. The van der Waals surface area contributed by atoms with Gasteiger partial charge in [0.1, 0.15) is 8.07 Å². The minimum atomic E-state index is -2.56. The summed E-state index contributed by atoms with van der Waals surface area (Å²) in [6.45, 7) is 9.52. The molecule has 0 heterocycles. The zero-order valence-corrected chi connectivity index (χ0v) is 27.6. The second kappa shape index (κ2) is 10.6. The van der Waals surface area contributed by atoms with Gasteiger partial charge in [0.2, 0.25) is 0 Å². The second-order valence-corrected chi connectivity index (χ2v) is 19.5. The van der Waals surface area contributed by atoms with E-state index in [0.29, 0.717) is 58.4 Å². The van der Waals surface area contributed by atoms with Gasteiger partial charge in [-0.3, -0.25) is 0 Å². The van der Waals surface area contributed by atoms with Crippen LogP contribution in [0, 0.1) is 52.8 Å². The van der Waals surface area contributed by atoms with Crippen LogP contribution in [0.4, 0.5) is 0 Å². The van der Waals surface area contributed by atoms with Crippen LogP contribution in [0.3, 0.4) is 0 Å². The SMILES string of the molecule is CC1=CC2C(C=C1)C1C=CC(C(C)(C)C)=CC1C2[Si](c1ccccc1)(c1ccccc1)C1C2C=CC=CC2C2C=CC=CC21. The Kier molecular flexibility index (Phi) is 6.76. The molecule has 222 valence electrons. The molecule has 0 spiro atoms. The van der Waals surface area contributed by atoms with Crippen LogP contribution in [0.15, 0.2) is 157 Å². The van der Waals surface area contributed by atoms with Crippen molar-refractivity contribution >= 4 is 18.4 Å². The van der Waals surface area contributed by atoms with Crippen LogP contribution in [0.25, 0.3) is 0 Å². The Morgan fingerprint density at radius 3 is 1.43 bits per heavy atom. The predicted molar refractivity (Wildman–Crippen MR) is 189 cm³/mol. The van der Waals surface area contributed by atoms with Gasteiger partial charge >= 0.3 is 0 Å². The number of benzene rings is 2. The van der Waals surface area contributed by atoms with Crippen LogP contribution in [0.5, 0.6) is 0 Å². The van der Waals surface area contributed by atoms with Crippen molar-refractivity contribution in [2.45, 2.75) is 38.8 Å². The minimum absolute atomic E-state index is 0.127. The van der Waals surface area contributed by atoms with E-state index < -0.39 is 8.07 Å². The lowest BCUT2D eigenvalue weighted by Gasteiger charge is -2.51. The summed E-state index contributed by atoms with van der Waals surface area (Å²) in [6.07, 6.45) is 35.3. The van der Waals surface area contributed by atoms with Gasteiger partial charge < -0.3 is 0 Å². The molecule has 6 aliphatic carbocycles. The van der Waals surface area contributed by atoms with Crippen LogP contribution >= 0.6 is 0 Å². The molecule has 0 N–H and O–H groups in total. The number of hydrogen-bond acceptors (Lipinski definition) is 0. The summed E-state index contributed by atoms with van der Waals surface area (Å²) in [5.41, 5.74) is 4.19. The average molecular weight is 591 g/mol. The van der Waals surface area contributed by atoms with Crippen LogP contribution in [-0.4, -0.2) is 8.07 Å². The third-order valence-electron chi connectivity index (χ3n) is 12.2. The Morgan fingerprint density at radius 2 is 0.909 bits per heavy atom. The van der Waals surface area contributed by atoms with E-state index in [9.17, 15) is 0 Å². The lowest BCUT2D eigenvalue weighted by Crippen LogP contribution is -2.68. The minimum Gasteiger partial charge on any atom is -0.0808 e. The van der Waals surface area contributed by atoms with E-state index >= 15 is 0 Å². The molecule has 0 amide bonds. The smallest absolute Gasteiger partial charge is 0.0808 e. The van der Waals surface area contributed by atoms with Gasteiger partial charge in [0.05, 0.1) is 0 Å². The van der Waals surface area contributed by atoms with E-state index in [1.165, 1.54) is 11.1 Å². The third-order valence-corrected chi connectivity index (χ3v) is 18.4. The van der Waals surface area contributed by atoms with Gasteiger partial charge in [0, 0.05) is 0 Å². The van der Waals surface area contributed by atoms with E-state index in [1.807, 2.05) is 0 Å². The van der Waals surface area contributed by atoms with Crippen molar-refractivity contribution < 1.29 is 0 Å². The van der Waals surface area contributed by atoms with Gasteiger partial charge in [-0.05, 0) is 76.3 Å². The maximum atomic E-state index is 2.77. The van der Waals surface area contributed by atoms with Crippen molar-refractivity contribution in [3.63, 3.8) is 0 Å². The summed E-state index contributed by atoms with van der Waals surface area (Å²) in [7, 11) is -2.56. The molecular formula is C43H46Si. The number of hydrogen-bond donors (Lipinski definition) is 0. The standard InChI is InChI=1S/C43H46Si/c1-29-23-25-35-36-26-24-30(43(2,3)4)28-40(36)42(39(35)27-29)44(31-15-7-5-8-16-31,32-17-9-6-10-18-32)41-37-21-13-11-19-33(37)34-20-12-14-22-38(34)41/h5-28,33-42H,1-4H3. The van der Waals surface area contributed by atoms with Crippen molar-refractivity contribution in [2.75, 3.05) is 0 Å². The molecule has 0 saturated heterocycles. The molecule has 2 saturated carbocycles. The van der Waals surface area contributed by atoms with E-state index in [1.54, 1.807) is 10.4 Å². The largest absolute Gasteiger partial charge is 0.126 e. The molecule has 2 aromatic rings. The Morgan fingerprint density at radius 1 is 0.477 bits per heavy atom. The first kappa shape index (κ1) is 28.1. The Bertz CT molecular complexity index is 1580. The molecule has 0 radical (unpaired) electrons. The molecule has 0 aliphatic heterocycles. The second-order valence-electron chi connectivity index (χ2n) is 15.3. The highest BCUT2D eigenvalue weighted by Gasteiger charge is 2.66.